The summed E-state index contributed by atoms with van der Waals surface area (Å²) < 4.78 is 4.61. The fraction of sp³-hybridized carbons (Fsp3) is 0.500. The van der Waals surface area contributed by atoms with E-state index in [4.69, 9.17) is 11.6 Å². The Labute approximate surface area is 81.9 Å². The molecule has 1 N–H and O–H groups in total. The van der Waals surface area contributed by atoms with Crippen LogP contribution in [0, 0.1) is 0 Å². The van der Waals surface area contributed by atoms with Crippen LogP contribution < -0.4 is 5.32 Å². The van der Waals surface area contributed by atoms with Gasteiger partial charge in [0.05, 0.1) is 6.54 Å². The minimum Gasteiger partial charge on any atom is -0.463 e. The van der Waals surface area contributed by atoms with Crippen LogP contribution in [0.5, 0.6) is 0 Å². The topological polar surface area (TPSA) is 55.4 Å². The van der Waals surface area contributed by atoms with Gasteiger partial charge in [0.15, 0.2) is 0 Å². The highest BCUT2D eigenvalue weighted by Gasteiger charge is 2.01. The number of halogens is 1. The van der Waals surface area contributed by atoms with Gasteiger partial charge >= 0.3 is 5.97 Å². The van der Waals surface area contributed by atoms with Gasteiger partial charge in [-0.15, -0.1) is 11.6 Å². The van der Waals surface area contributed by atoms with E-state index in [1.807, 2.05) is 0 Å². The Balaban J connectivity index is 3.41. The smallest absolute Gasteiger partial charge is 0.320 e. The van der Waals surface area contributed by atoms with Crippen LogP contribution in [0.1, 0.15) is 6.92 Å². The van der Waals surface area contributed by atoms with Gasteiger partial charge in [0.25, 0.3) is 0 Å². The number of ether oxygens (including phenoxy) is 1. The van der Waals surface area contributed by atoms with Crippen LogP contribution in [-0.2, 0) is 14.3 Å². The maximum atomic E-state index is 10.9. The molecule has 0 heterocycles. The van der Waals surface area contributed by atoms with Gasteiger partial charge in [-0.3, -0.25) is 9.59 Å². The molecule has 0 unspecified atom stereocenters. The van der Waals surface area contributed by atoms with Crippen molar-refractivity contribution in [3.8, 4) is 0 Å². The molecule has 74 valence electrons. The van der Waals surface area contributed by atoms with E-state index in [2.05, 4.69) is 16.6 Å². The number of hydrogen-bond donors (Lipinski definition) is 1. The second kappa shape index (κ2) is 6.48. The van der Waals surface area contributed by atoms with E-state index in [0.717, 1.165) is 0 Å². The summed E-state index contributed by atoms with van der Waals surface area (Å²) >= 11 is 5.17. The van der Waals surface area contributed by atoms with Crippen LogP contribution in [0.15, 0.2) is 12.2 Å². The van der Waals surface area contributed by atoms with Gasteiger partial charge in [0, 0.05) is 5.57 Å². The third-order valence-electron chi connectivity index (χ3n) is 1.15. The number of carbonyl (C=O) groups is 2. The molecule has 0 aromatic carbocycles. The Hall–Kier alpha value is -1.03. The van der Waals surface area contributed by atoms with Crippen LogP contribution in [-0.4, -0.2) is 30.9 Å². The van der Waals surface area contributed by atoms with E-state index in [1.165, 1.54) is 0 Å². The lowest BCUT2D eigenvalue weighted by molar-refractivity contribution is -0.140. The maximum Gasteiger partial charge on any atom is 0.320 e. The summed E-state index contributed by atoms with van der Waals surface area (Å²) in [4.78, 5) is 21.4. The minimum atomic E-state index is -0.494. The fourth-order valence-corrected chi connectivity index (χ4v) is 0.596. The van der Waals surface area contributed by atoms with Crippen LogP contribution in [0.2, 0.25) is 0 Å². The molecule has 0 aliphatic rings. The van der Waals surface area contributed by atoms with E-state index < -0.39 is 5.97 Å². The first-order valence-corrected chi connectivity index (χ1v) is 4.26. The van der Waals surface area contributed by atoms with E-state index in [9.17, 15) is 9.59 Å². The lowest BCUT2D eigenvalue weighted by atomic mass is 10.3. The zero-order valence-corrected chi connectivity index (χ0v) is 8.19. The molecule has 0 saturated carbocycles. The first-order chi connectivity index (χ1) is 6.07. The first kappa shape index (κ1) is 12.0. The lowest BCUT2D eigenvalue weighted by Crippen LogP contribution is -2.28. The fourth-order valence-electron chi connectivity index (χ4n) is 0.519. The Morgan fingerprint density at radius 2 is 2.15 bits per heavy atom. The number of carbonyl (C=O) groups excluding carboxylic acids is 2. The molecule has 0 saturated heterocycles. The summed E-state index contributed by atoms with van der Waals surface area (Å²) in [6.45, 7) is 5.44. The number of nitrogens with one attached hydrogen (secondary N) is 1. The Bertz CT molecular complexity index is 215. The van der Waals surface area contributed by atoms with Gasteiger partial charge in [-0.05, 0) is 6.92 Å². The molecule has 0 bridgehead atoms. The molecule has 0 aromatic rings. The lowest BCUT2D eigenvalue weighted by Gasteiger charge is -2.04. The van der Waals surface area contributed by atoms with Crippen molar-refractivity contribution in [2.75, 3.05) is 19.0 Å². The maximum absolute atomic E-state index is 10.9. The molecule has 0 spiro atoms. The highest BCUT2D eigenvalue weighted by molar-refractivity contribution is 6.26. The number of rotatable bonds is 5. The third-order valence-corrected chi connectivity index (χ3v) is 1.37. The highest BCUT2D eigenvalue weighted by Crippen LogP contribution is 1.85. The molecule has 0 fully saturated rings. The van der Waals surface area contributed by atoms with Crippen molar-refractivity contribution < 1.29 is 14.3 Å². The Kier molecular flexibility index (Phi) is 5.97. The summed E-state index contributed by atoms with van der Waals surface area (Å²) in [6.07, 6.45) is 0. The number of amides is 1. The number of esters is 1. The molecule has 4 nitrogen and oxygen atoms in total. The van der Waals surface area contributed by atoms with E-state index in [-0.39, 0.29) is 24.9 Å². The van der Waals surface area contributed by atoms with Crippen molar-refractivity contribution in [3.05, 3.63) is 12.2 Å². The van der Waals surface area contributed by atoms with Gasteiger partial charge < -0.3 is 10.1 Å². The monoisotopic (exact) mass is 205 g/mol. The normalized spacial score (nSPS) is 9.08. The van der Waals surface area contributed by atoms with Crippen LogP contribution in [0.3, 0.4) is 0 Å². The molecule has 0 atom stereocenters. The number of hydrogen-bond acceptors (Lipinski definition) is 3. The zero-order chi connectivity index (χ0) is 10.3. The summed E-state index contributed by atoms with van der Waals surface area (Å²) in [5.41, 5.74) is 0.420. The van der Waals surface area contributed by atoms with Crippen LogP contribution in [0.4, 0.5) is 0 Å². The average Bonchev–Trinajstić information content (AvgIpc) is 2.11. The van der Waals surface area contributed by atoms with E-state index in [0.29, 0.717) is 5.57 Å². The van der Waals surface area contributed by atoms with E-state index >= 15 is 0 Å². The predicted octanol–water partition coefficient (Wildman–Crippen LogP) is 0.461. The highest BCUT2D eigenvalue weighted by atomic mass is 35.5. The molecule has 5 heteroatoms. The molecule has 13 heavy (non-hydrogen) atoms. The predicted molar refractivity (Wildman–Crippen MR) is 49.5 cm³/mol. The quantitative estimate of drug-likeness (QED) is 0.307. The molecule has 0 aliphatic heterocycles. The Morgan fingerprint density at radius 1 is 1.54 bits per heavy atom. The van der Waals surface area contributed by atoms with Crippen molar-refractivity contribution >= 4 is 23.5 Å². The van der Waals surface area contributed by atoms with Gasteiger partial charge in [0.1, 0.15) is 12.5 Å². The van der Waals surface area contributed by atoms with E-state index in [1.54, 1.807) is 6.92 Å². The van der Waals surface area contributed by atoms with Crippen molar-refractivity contribution in [3.63, 3.8) is 0 Å². The first-order valence-electron chi connectivity index (χ1n) is 3.73. The SMILES string of the molecule is C=C(C)C(=O)NCCOC(=O)CCl. The van der Waals surface area contributed by atoms with Crippen LogP contribution in [0.25, 0.3) is 0 Å². The summed E-state index contributed by atoms with van der Waals surface area (Å²) in [6, 6.07) is 0. The molecular weight excluding hydrogens is 194 g/mol. The van der Waals surface area contributed by atoms with Crippen molar-refractivity contribution in [1.82, 2.24) is 5.32 Å². The average molecular weight is 206 g/mol. The molecule has 1 amide bonds. The molecule has 0 aromatic heterocycles. The third kappa shape index (κ3) is 6.16. The summed E-state index contributed by atoms with van der Waals surface area (Å²) in [7, 11) is 0. The largest absolute Gasteiger partial charge is 0.463 e. The Morgan fingerprint density at radius 3 is 2.62 bits per heavy atom. The minimum absolute atomic E-state index is 0.130. The standard InChI is InChI=1S/C8H12ClNO3/c1-6(2)8(12)10-3-4-13-7(11)5-9/h1,3-5H2,2H3,(H,10,12). The second-order valence-electron chi connectivity index (χ2n) is 2.39. The molecule has 0 radical (unpaired) electrons. The molecular formula is C8H12ClNO3. The molecule has 0 rings (SSSR count). The van der Waals surface area contributed by atoms with Crippen LogP contribution >= 0.6 is 11.6 Å². The second-order valence-corrected chi connectivity index (χ2v) is 2.66. The zero-order valence-electron chi connectivity index (χ0n) is 7.43. The summed E-state index contributed by atoms with van der Waals surface area (Å²) in [5, 5.41) is 2.50. The molecule has 0 aliphatic carbocycles. The van der Waals surface area contributed by atoms with Gasteiger partial charge in [-0.2, -0.15) is 0 Å². The van der Waals surface area contributed by atoms with Crippen molar-refractivity contribution in [2.45, 2.75) is 6.92 Å². The summed E-state index contributed by atoms with van der Waals surface area (Å²) in [5.74, 6) is -0.915. The van der Waals surface area contributed by atoms with Crippen molar-refractivity contribution in [1.29, 1.82) is 0 Å². The number of alkyl halides is 1. The van der Waals surface area contributed by atoms with Gasteiger partial charge in [-0.25, -0.2) is 0 Å². The van der Waals surface area contributed by atoms with Gasteiger partial charge in [0.2, 0.25) is 5.91 Å². The van der Waals surface area contributed by atoms with Gasteiger partial charge in [-0.1, -0.05) is 6.58 Å². The van der Waals surface area contributed by atoms with Crippen molar-refractivity contribution in [2.24, 2.45) is 0 Å².